The van der Waals surface area contributed by atoms with Crippen LogP contribution in [0.5, 0.6) is 0 Å². The summed E-state index contributed by atoms with van der Waals surface area (Å²) >= 11 is 0. The molecule has 1 aliphatic rings. The van der Waals surface area contributed by atoms with Crippen LogP contribution >= 0.6 is 0 Å². The molecule has 7 heteroatoms. The first-order valence-electron chi connectivity index (χ1n) is 6.71. The van der Waals surface area contributed by atoms with Crippen LogP contribution in [0.25, 0.3) is 5.69 Å². The lowest BCUT2D eigenvalue weighted by Gasteiger charge is -2.29. The SMILES string of the molecule is Nc1c(N2CCOCC2)c(=O)[nH]c(=O)n1-c1ccccc1. The number of ether oxygens (including phenoxy) is 1. The summed E-state index contributed by atoms with van der Waals surface area (Å²) in [5.41, 5.74) is 6.04. The van der Waals surface area contributed by atoms with Crippen LogP contribution in [0.3, 0.4) is 0 Å². The summed E-state index contributed by atoms with van der Waals surface area (Å²) in [5, 5.41) is 0. The third kappa shape index (κ3) is 2.43. The van der Waals surface area contributed by atoms with Crippen molar-refractivity contribution in [2.24, 2.45) is 0 Å². The molecule has 110 valence electrons. The molecule has 0 radical (unpaired) electrons. The minimum Gasteiger partial charge on any atom is -0.383 e. The van der Waals surface area contributed by atoms with Crippen molar-refractivity contribution in [1.82, 2.24) is 9.55 Å². The van der Waals surface area contributed by atoms with Gasteiger partial charge >= 0.3 is 5.69 Å². The first-order chi connectivity index (χ1) is 10.2. The molecule has 0 atom stereocenters. The van der Waals surface area contributed by atoms with Gasteiger partial charge in [-0.05, 0) is 12.1 Å². The number of para-hydroxylation sites is 1. The summed E-state index contributed by atoms with van der Waals surface area (Å²) < 4.78 is 6.59. The number of aromatic nitrogens is 2. The summed E-state index contributed by atoms with van der Waals surface area (Å²) in [7, 11) is 0. The summed E-state index contributed by atoms with van der Waals surface area (Å²) in [5.74, 6) is 0.150. The minimum absolute atomic E-state index is 0.150. The second-order valence-electron chi connectivity index (χ2n) is 4.76. The Kier molecular flexibility index (Phi) is 3.49. The number of rotatable bonds is 2. The summed E-state index contributed by atoms with van der Waals surface area (Å²) in [4.78, 5) is 28.4. The number of hydrogen-bond donors (Lipinski definition) is 2. The smallest absolute Gasteiger partial charge is 0.334 e. The number of hydrogen-bond acceptors (Lipinski definition) is 5. The van der Waals surface area contributed by atoms with Crippen molar-refractivity contribution < 1.29 is 4.74 Å². The third-order valence-corrected chi connectivity index (χ3v) is 3.46. The first kappa shape index (κ1) is 13.4. The molecule has 2 heterocycles. The number of aromatic amines is 1. The molecule has 1 aliphatic heterocycles. The summed E-state index contributed by atoms with van der Waals surface area (Å²) in [6.07, 6.45) is 0. The lowest BCUT2D eigenvalue weighted by molar-refractivity contribution is 0.122. The van der Waals surface area contributed by atoms with Gasteiger partial charge in [-0.25, -0.2) is 9.36 Å². The minimum atomic E-state index is -0.541. The molecule has 0 bridgehead atoms. The molecule has 0 spiro atoms. The summed E-state index contributed by atoms with van der Waals surface area (Å²) in [6, 6.07) is 8.99. The molecule has 0 amide bonds. The second-order valence-corrected chi connectivity index (χ2v) is 4.76. The van der Waals surface area contributed by atoms with Gasteiger partial charge in [-0.1, -0.05) is 18.2 Å². The number of nitrogens with zero attached hydrogens (tertiary/aromatic N) is 2. The van der Waals surface area contributed by atoms with E-state index in [0.717, 1.165) is 0 Å². The number of nitrogens with one attached hydrogen (secondary N) is 1. The monoisotopic (exact) mass is 288 g/mol. The van der Waals surface area contributed by atoms with Crippen molar-refractivity contribution in [3.8, 4) is 5.69 Å². The van der Waals surface area contributed by atoms with Crippen molar-refractivity contribution >= 4 is 11.5 Å². The lowest BCUT2D eigenvalue weighted by atomic mass is 10.3. The highest BCUT2D eigenvalue weighted by Crippen LogP contribution is 2.20. The fourth-order valence-corrected chi connectivity index (χ4v) is 2.47. The Morgan fingerprint density at radius 2 is 1.76 bits per heavy atom. The van der Waals surface area contributed by atoms with E-state index in [1.165, 1.54) is 4.57 Å². The lowest BCUT2D eigenvalue weighted by Crippen LogP contribution is -2.43. The van der Waals surface area contributed by atoms with E-state index in [1.807, 2.05) is 11.0 Å². The van der Waals surface area contributed by atoms with Crippen LogP contribution in [0.4, 0.5) is 11.5 Å². The van der Waals surface area contributed by atoms with E-state index < -0.39 is 11.2 Å². The van der Waals surface area contributed by atoms with E-state index in [-0.39, 0.29) is 5.82 Å². The number of H-pyrrole nitrogens is 1. The molecule has 0 saturated carbocycles. The van der Waals surface area contributed by atoms with Crippen molar-refractivity contribution in [2.45, 2.75) is 0 Å². The van der Waals surface area contributed by atoms with Crippen LogP contribution in [-0.4, -0.2) is 35.9 Å². The molecule has 1 aromatic heterocycles. The van der Waals surface area contributed by atoms with Gasteiger partial charge in [0.2, 0.25) is 0 Å². The molecular weight excluding hydrogens is 272 g/mol. The average molecular weight is 288 g/mol. The molecule has 7 nitrogen and oxygen atoms in total. The van der Waals surface area contributed by atoms with E-state index in [1.54, 1.807) is 24.3 Å². The zero-order chi connectivity index (χ0) is 14.8. The molecule has 0 unspecified atom stereocenters. The number of anilines is 2. The van der Waals surface area contributed by atoms with Crippen LogP contribution in [0.15, 0.2) is 39.9 Å². The van der Waals surface area contributed by atoms with Gasteiger partial charge in [-0.3, -0.25) is 9.78 Å². The van der Waals surface area contributed by atoms with Gasteiger partial charge in [-0.2, -0.15) is 0 Å². The molecular formula is C14H16N4O3. The second kappa shape index (κ2) is 5.45. The Balaban J connectivity index is 2.18. The Morgan fingerprint density at radius 3 is 2.43 bits per heavy atom. The van der Waals surface area contributed by atoms with Crippen molar-refractivity contribution in [3.63, 3.8) is 0 Å². The van der Waals surface area contributed by atoms with Gasteiger partial charge in [-0.15, -0.1) is 0 Å². The number of benzene rings is 1. The van der Waals surface area contributed by atoms with Crippen molar-refractivity contribution in [2.75, 3.05) is 36.9 Å². The maximum atomic E-state index is 12.1. The standard InChI is InChI=1S/C14H16N4O3/c15-12-11(17-6-8-21-9-7-17)13(19)16-14(20)18(12)10-4-2-1-3-5-10/h1-5H,6-9,15H2,(H,16,19,20). The van der Waals surface area contributed by atoms with Gasteiger partial charge in [0.15, 0.2) is 0 Å². The Hall–Kier alpha value is -2.54. The number of nitrogens with two attached hydrogens (primary N) is 1. The van der Waals surface area contributed by atoms with E-state index in [2.05, 4.69) is 4.98 Å². The predicted molar refractivity (Wildman–Crippen MR) is 80.1 cm³/mol. The fourth-order valence-electron chi connectivity index (χ4n) is 2.47. The highest BCUT2D eigenvalue weighted by molar-refractivity contribution is 5.65. The van der Waals surface area contributed by atoms with E-state index in [0.29, 0.717) is 37.7 Å². The molecule has 3 rings (SSSR count). The highest BCUT2D eigenvalue weighted by Gasteiger charge is 2.21. The van der Waals surface area contributed by atoms with E-state index in [4.69, 9.17) is 10.5 Å². The maximum Gasteiger partial charge on any atom is 0.334 e. The Labute approximate surface area is 120 Å². The topological polar surface area (TPSA) is 93.3 Å². The molecule has 0 aliphatic carbocycles. The van der Waals surface area contributed by atoms with Gasteiger partial charge in [0.1, 0.15) is 11.5 Å². The van der Waals surface area contributed by atoms with Gasteiger partial charge < -0.3 is 15.4 Å². The number of nitrogen functional groups attached to an aromatic ring is 1. The van der Waals surface area contributed by atoms with Gasteiger partial charge in [0.25, 0.3) is 5.56 Å². The largest absolute Gasteiger partial charge is 0.383 e. The fraction of sp³-hybridized carbons (Fsp3) is 0.286. The van der Waals surface area contributed by atoms with Crippen LogP contribution in [0, 0.1) is 0 Å². The molecule has 1 saturated heterocycles. The zero-order valence-corrected chi connectivity index (χ0v) is 11.4. The van der Waals surface area contributed by atoms with Crippen LogP contribution in [-0.2, 0) is 4.74 Å². The van der Waals surface area contributed by atoms with E-state index in [9.17, 15) is 9.59 Å². The molecule has 1 aromatic carbocycles. The van der Waals surface area contributed by atoms with Crippen LogP contribution in [0.1, 0.15) is 0 Å². The van der Waals surface area contributed by atoms with Gasteiger partial charge in [0, 0.05) is 13.1 Å². The van der Waals surface area contributed by atoms with Crippen LogP contribution in [0.2, 0.25) is 0 Å². The summed E-state index contributed by atoms with van der Waals surface area (Å²) in [6.45, 7) is 2.20. The molecule has 21 heavy (non-hydrogen) atoms. The van der Waals surface area contributed by atoms with Crippen molar-refractivity contribution in [3.05, 3.63) is 51.2 Å². The Morgan fingerprint density at radius 1 is 1.10 bits per heavy atom. The predicted octanol–water partition coefficient (Wildman–Crippen LogP) is -0.0554. The molecule has 1 fully saturated rings. The van der Waals surface area contributed by atoms with Crippen molar-refractivity contribution in [1.29, 1.82) is 0 Å². The highest BCUT2D eigenvalue weighted by atomic mass is 16.5. The third-order valence-electron chi connectivity index (χ3n) is 3.46. The molecule has 3 N–H and O–H groups in total. The van der Waals surface area contributed by atoms with Gasteiger partial charge in [0.05, 0.1) is 18.9 Å². The Bertz CT molecular complexity index is 745. The zero-order valence-electron chi connectivity index (χ0n) is 11.4. The average Bonchev–Trinajstić information content (AvgIpc) is 2.49. The van der Waals surface area contributed by atoms with E-state index >= 15 is 0 Å². The first-order valence-corrected chi connectivity index (χ1v) is 6.71. The number of morpholine rings is 1. The van der Waals surface area contributed by atoms with Crippen LogP contribution < -0.4 is 21.9 Å². The maximum absolute atomic E-state index is 12.1. The quantitative estimate of drug-likeness (QED) is 0.808. The normalized spacial score (nSPS) is 15.1. The molecule has 2 aromatic rings.